The normalized spacial score (nSPS) is 23.1. The van der Waals surface area contributed by atoms with Crippen molar-refractivity contribution < 1.29 is 14.3 Å². The van der Waals surface area contributed by atoms with Gasteiger partial charge in [0.05, 0.1) is 18.7 Å². The topological polar surface area (TPSA) is 75.6 Å². The van der Waals surface area contributed by atoms with Gasteiger partial charge in [-0.25, -0.2) is 0 Å². The molecule has 2 N–H and O–H groups in total. The van der Waals surface area contributed by atoms with Gasteiger partial charge in [0.1, 0.15) is 6.10 Å². The number of aryl methyl sites for hydroxylation is 1. The maximum Gasteiger partial charge on any atom is 0.251 e. The van der Waals surface area contributed by atoms with E-state index in [1.165, 1.54) is 0 Å². The summed E-state index contributed by atoms with van der Waals surface area (Å²) in [4.78, 5) is 28.2. The van der Waals surface area contributed by atoms with Crippen LogP contribution in [0, 0.1) is 0 Å². The minimum absolute atomic E-state index is 0.136. The zero-order valence-corrected chi connectivity index (χ0v) is 18.4. The van der Waals surface area contributed by atoms with Crippen LogP contribution in [0.5, 0.6) is 0 Å². The van der Waals surface area contributed by atoms with E-state index in [1.807, 2.05) is 67.3 Å². The van der Waals surface area contributed by atoms with Crippen LogP contribution in [-0.4, -0.2) is 60.2 Å². The van der Waals surface area contributed by atoms with E-state index < -0.39 is 6.10 Å². The second-order valence-electron chi connectivity index (χ2n) is 8.79. The number of nitrogens with zero attached hydrogens (tertiary/aromatic N) is 2. The Bertz CT molecular complexity index is 1170. The molecule has 1 aromatic heterocycles. The Balaban J connectivity index is 1.35. The van der Waals surface area contributed by atoms with Crippen molar-refractivity contribution in [3.63, 3.8) is 0 Å². The number of hydrogen-bond donors (Lipinski definition) is 2. The van der Waals surface area contributed by atoms with Crippen LogP contribution in [0.25, 0.3) is 10.9 Å². The van der Waals surface area contributed by atoms with Crippen molar-refractivity contribution >= 4 is 22.7 Å². The highest BCUT2D eigenvalue weighted by molar-refractivity contribution is 5.98. The first-order valence-electron chi connectivity index (χ1n) is 11.0. The molecule has 3 atom stereocenters. The molecule has 166 valence electrons. The smallest absolute Gasteiger partial charge is 0.251 e. The molecule has 0 saturated carbocycles. The molecule has 7 nitrogen and oxygen atoms in total. The Morgan fingerprint density at radius 1 is 1.06 bits per heavy atom. The Kier molecular flexibility index (Phi) is 5.45. The van der Waals surface area contributed by atoms with Gasteiger partial charge in [0.2, 0.25) is 0 Å². The average Bonchev–Trinajstić information content (AvgIpc) is 3.33. The minimum atomic E-state index is -0.502. The van der Waals surface area contributed by atoms with Crippen molar-refractivity contribution in [2.24, 2.45) is 7.05 Å². The molecule has 3 aromatic rings. The third kappa shape index (κ3) is 3.89. The summed E-state index contributed by atoms with van der Waals surface area (Å²) in [6.45, 7) is 1.92. The summed E-state index contributed by atoms with van der Waals surface area (Å²) >= 11 is 0. The number of morpholine rings is 1. The number of carbonyl (C=O) groups is 2. The van der Waals surface area contributed by atoms with Gasteiger partial charge < -0.3 is 24.8 Å². The number of amides is 2. The van der Waals surface area contributed by atoms with E-state index in [1.54, 1.807) is 0 Å². The Labute approximate surface area is 187 Å². The summed E-state index contributed by atoms with van der Waals surface area (Å²) in [5.41, 5.74) is 3.89. The third-order valence-electron chi connectivity index (χ3n) is 6.56. The van der Waals surface area contributed by atoms with Gasteiger partial charge in [0.25, 0.3) is 11.8 Å². The summed E-state index contributed by atoms with van der Waals surface area (Å²) in [7, 11) is 3.97. The van der Waals surface area contributed by atoms with Gasteiger partial charge in [0, 0.05) is 42.8 Å². The largest absolute Gasteiger partial charge is 0.366 e. The zero-order chi connectivity index (χ0) is 22.2. The van der Waals surface area contributed by atoms with E-state index in [0.29, 0.717) is 25.1 Å². The maximum absolute atomic E-state index is 13.1. The van der Waals surface area contributed by atoms with Crippen molar-refractivity contribution in [1.82, 2.24) is 20.1 Å². The lowest BCUT2D eigenvalue weighted by atomic mass is 10.1. The molecule has 1 aliphatic heterocycles. The molecule has 1 fully saturated rings. The van der Waals surface area contributed by atoms with Crippen LogP contribution in [0.3, 0.4) is 0 Å². The SMILES string of the molecule is CN1CCO[C@@H](C(=O)N[C@H]2c3ccccc3C[C@@H]2NC(=O)c2ccc3c(ccn3C)c2)C1. The van der Waals surface area contributed by atoms with E-state index in [4.69, 9.17) is 4.74 Å². The molecule has 0 radical (unpaired) electrons. The predicted molar refractivity (Wildman–Crippen MR) is 122 cm³/mol. The monoisotopic (exact) mass is 432 g/mol. The number of ether oxygens (including phenoxy) is 1. The fourth-order valence-corrected chi connectivity index (χ4v) is 4.76. The average molecular weight is 433 g/mol. The maximum atomic E-state index is 13.1. The second kappa shape index (κ2) is 8.41. The number of rotatable bonds is 4. The first-order chi connectivity index (χ1) is 15.5. The molecule has 2 aliphatic rings. The molecule has 2 aromatic carbocycles. The Morgan fingerprint density at radius 2 is 1.91 bits per heavy atom. The van der Waals surface area contributed by atoms with Gasteiger partial charge in [-0.05, 0) is 48.9 Å². The number of aromatic nitrogens is 1. The summed E-state index contributed by atoms with van der Waals surface area (Å²) in [5, 5.41) is 7.35. The van der Waals surface area contributed by atoms with Crippen LogP contribution in [0.2, 0.25) is 0 Å². The highest BCUT2D eigenvalue weighted by Crippen LogP contribution is 2.32. The molecular formula is C25H28N4O3. The summed E-state index contributed by atoms with van der Waals surface area (Å²) in [6, 6.07) is 15.2. The lowest BCUT2D eigenvalue weighted by Crippen LogP contribution is -2.51. The van der Waals surface area contributed by atoms with Crippen molar-refractivity contribution in [2.45, 2.75) is 24.6 Å². The van der Waals surface area contributed by atoms with Crippen LogP contribution in [0.1, 0.15) is 27.5 Å². The first-order valence-corrected chi connectivity index (χ1v) is 11.0. The molecule has 1 saturated heterocycles. The molecule has 2 heterocycles. The highest BCUT2D eigenvalue weighted by Gasteiger charge is 2.36. The molecular weight excluding hydrogens is 404 g/mol. The summed E-state index contributed by atoms with van der Waals surface area (Å²) in [5.74, 6) is -0.273. The summed E-state index contributed by atoms with van der Waals surface area (Å²) < 4.78 is 7.72. The minimum Gasteiger partial charge on any atom is -0.366 e. The van der Waals surface area contributed by atoms with Crippen molar-refractivity contribution in [2.75, 3.05) is 26.7 Å². The zero-order valence-electron chi connectivity index (χ0n) is 18.4. The van der Waals surface area contributed by atoms with E-state index in [0.717, 1.165) is 28.6 Å². The number of nitrogens with one attached hydrogen (secondary N) is 2. The fraction of sp³-hybridized carbons (Fsp3) is 0.360. The van der Waals surface area contributed by atoms with Gasteiger partial charge in [-0.3, -0.25) is 9.59 Å². The number of benzene rings is 2. The van der Waals surface area contributed by atoms with Crippen LogP contribution in [0.15, 0.2) is 54.7 Å². The van der Waals surface area contributed by atoms with Crippen molar-refractivity contribution in [3.8, 4) is 0 Å². The van der Waals surface area contributed by atoms with Gasteiger partial charge in [-0.1, -0.05) is 24.3 Å². The lowest BCUT2D eigenvalue weighted by molar-refractivity contribution is -0.138. The second-order valence-corrected chi connectivity index (χ2v) is 8.79. The van der Waals surface area contributed by atoms with E-state index in [2.05, 4.69) is 21.6 Å². The molecule has 5 rings (SSSR count). The third-order valence-corrected chi connectivity index (χ3v) is 6.56. The quantitative estimate of drug-likeness (QED) is 0.662. The number of likely N-dealkylation sites (N-methyl/N-ethyl adjacent to an activating group) is 1. The number of hydrogen-bond acceptors (Lipinski definition) is 4. The van der Waals surface area contributed by atoms with Crippen molar-refractivity contribution in [1.29, 1.82) is 0 Å². The van der Waals surface area contributed by atoms with Gasteiger partial charge >= 0.3 is 0 Å². The number of fused-ring (bicyclic) bond motifs is 2. The molecule has 7 heteroatoms. The molecule has 0 bridgehead atoms. The van der Waals surface area contributed by atoms with Crippen molar-refractivity contribution in [3.05, 3.63) is 71.4 Å². The molecule has 0 spiro atoms. The standard InChI is InChI=1S/C25H28N4O3/c1-28-11-12-32-22(15-28)25(31)27-23-19-6-4-3-5-16(19)14-20(23)26-24(30)18-7-8-21-17(13-18)9-10-29(21)2/h3-10,13,20,22-23H,11-12,14-15H2,1-2H3,(H,26,30)(H,27,31)/t20-,22+,23-/m0/s1. The molecule has 32 heavy (non-hydrogen) atoms. The molecule has 0 unspecified atom stereocenters. The van der Waals surface area contributed by atoms with Gasteiger partial charge in [0.15, 0.2) is 0 Å². The highest BCUT2D eigenvalue weighted by atomic mass is 16.5. The Hall–Kier alpha value is -3.16. The van der Waals surface area contributed by atoms with Gasteiger partial charge in [-0.2, -0.15) is 0 Å². The first kappa shape index (κ1) is 20.7. The molecule has 1 aliphatic carbocycles. The molecule has 2 amide bonds. The van der Waals surface area contributed by atoms with E-state index in [9.17, 15) is 9.59 Å². The Morgan fingerprint density at radius 3 is 2.75 bits per heavy atom. The van der Waals surface area contributed by atoms with E-state index in [-0.39, 0.29) is 23.9 Å². The number of carbonyl (C=O) groups excluding carboxylic acids is 2. The van der Waals surface area contributed by atoms with Crippen LogP contribution in [-0.2, 0) is 23.0 Å². The van der Waals surface area contributed by atoms with E-state index >= 15 is 0 Å². The lowest BCUT2D eigenvalue weighted by Gasteiger charge is -2.31. The van der Waals surface area contributed by atoms with Crippen LogP contribution >= 0.6 is 0 Å². The van der Waals surface area contributed by atoms with Crippen LogP contribution < -0.4 is 10.6 Å². The van der Waals surface area contributed by atoms with Gasteiger partial charge in [-0.15, -0.1) is 0 Å². The van der Waals surface area contributed by atoms with Crippen LogP contribution in [0.4, 0.5) is 0 Å². The summed E-state index contributed by atoms with van der Waals surface area (Å²) in [6.07, 6.45) is 2.15. The predicted octanol–water partition coefficient (Wildman–Crippen LogP) is 2.02. The fourth-order valence-electron chi connectivity index (χ4n) is 4.76.